The first-order valence-corrected chi connectivity index (χ1v) is 7.16. The van der Waals surface area contributed by atoms with E-state index in [4.69, 9.17) is 5.73 Å². The SMILES string of the molecule is Cc1cc(N)cc(S(=O)(=O)NCCn2ccnn2)c1. The highest BCUT2D eigenvalue weighted by atomic mass is 32.2. The number of nitrogens with zero attached hydrogens (tertiary/aromatic N) is 3. The van der Waals surface area contributed by atoms with Gasteiger partial charge < -0.3 is 5.73 Å². The number of nitrogens with two attached hydrogens (primary N) is 1. The summed E-state index contributed by atoms with van der Waals surface area (Å²) in [4.78, 5) is 0.170. The van der Waals surface area contributed by atoms with Crippen LogP contribution in [0.5, 0.6) is 0 Å². The molecule has 0 aliphatic heterocycles. The van der Waals surface area contributed by atoms with Crippen LogP contribution in [-0.4, -0.2) is 30.0 Å². The van der Waals surface area contributed by atoms with Crippen molar-refractivity contribution in [2.24, 2.45) is 0 Å². The second kappa shape index (κ2) is 5.37. The standard InChI is InChI=1S/C11H15N5O2S/c1-9-6-10(12)8-11(7-9)19(17,18)14-3-5-16-4-2-13-15-16/h2,4,6-8,14H,3,5,12H2,1H3. The highest BCUT2D eigenvalue weighted by Crippen LogP contribution is 2.15. The van der Waals surface area contributed by atoms with Crippen molar-refractivity contribution in [3.63, 3.8) is 0 Å². The molecule has 1 aromatic heterocycles. The minimum absolute atomic E-state index is 0.170. The Kier molecular flexibility index (Phi) is 3.82. The number of nitrogens with one attached hydrogen (secondary N) is 1. The van der Waals surface area contributed by atoms with E-state index in [1.165, 1.54) is 12.3 Å². The summed E-state index contributed by atoms with van der Waals surface area (Å²) in [7, 11) is -3.55. The Labute approximate surface area is 111 Å². The predicted octanol–water partition coefficient (Wildman–Crippen LogP) is 0.147. The van der Waals surface area contributed by atoms with Crippen molar-refractivity contribution in [2.45, 2.75) is 18.4 Å². The lowest BCUT2D eigenvalue weighted by atomic mass is 10.2. The molecule has 1 heterocycles. The van der Waals surface area contributed by atoms with E-state index in [1.54, 1.807) is 29.9 Å². The molecule has 0 aliphatic carbocycles. The van der Waals surface area contributed by atoms with Crippen LogP contribution in [0, 0.1) is 6.92 Å². The fourth-order valence-corrected chi connectivity index (χ4v) is 2.82. The van der Waals surface area contributed by atoms with E-state index in [0.717, 1.165) is 5.56 Å². The fraction of sp³-hybridized carbons (Fsp3) is 0.273. The first-order chi connectivity index (χ1) is 8.97. The van der Waals surface area contributed by atoms with Crippen molar-refractivity contribution in [3.8, 4) is 0 Å². The molecule has 8 heteroatoms. The number of hydrogen-bond donors (Lipinski definition) is 2. The molecule has 0 amide bonds. The molecule has 1 aromatic carbocycles. The van der Waals surface area contributed by atoms with Gasteiger partial charge in [-0.25, -0.2) is 13.1 Å². The molecule has 0 spiro atoms. The summed E-state index contributed by atoms with van der Waals surface area (Å²) in [5.41, 5.74) is 6.88. The fourth-order valence-electron chi connectivity index (χ4n) is 1.66. The van der Waals surface area contributed by atoms with Crippen molar-refractivity contribution in [1.82, 2.24) is 19.7 Å². The number of aryl methyl sites for hydroxylation is 1. The monoisotopic (exact) mass is 281 g/mol. The molecule has 0 unspecified atom stereocenters. The molecule has 19 heavy (non-hydrogen) atoms. The Morgan fingerprint density at radius 1 is 1.37 bits per heavy atom. The van der Waals surface area contributed by atoms with Gasteiger partial charge in [0.1, 0.15) is 0 Å². The van der Waals surface area contributed by atoms with Crippen LogP contribution in [0.15, 0.2) is 35.5 Å². The number of nitrogen functional groups attached to an aromatic ring is 1. The van der Waals surface area contributed by atoms with Gasteiger partial charge in [0.15, 0.2) is 0 Å². The van der Waals surface area contributed by atoms with Crippen LogP contribution >= 0.6 is 0 Å². The van der Waals surface area contributed by atoms with Gasteiger partial charge in [0.2, 0.25) is 10.0 Å². The zero-order valence-electron chi connectivity index (χ0n) is 10.4. The second-order valence-electron chi connectivity index (χ2n) is 4.14. The summed E-state index contributed by atoms with van der Waals surface area (Å²) in [6.45, 7) is 2.45. The third kappa shape index (κ3) is 3.52. The Bertz CT molecular complexity index is 631. The van der Waals surface area contributed by atoms with Crippen LogP contribution in [0.1, 0.15) is 5.56 Å². The molecule has 0 saturated heterocycles. The lowest BCUT2D eigenvalue weighted by molar-refractivity contribution is 0.553. The second-order valence-corrected chi connectivity index (χ2v) is 5.91. The summed E-state index contributed by atoms with van der Waals surface area (Å²) >= 11 is 0. The quantitative estimate of drug-likeness (QED) is 0.759. The number of benzene rings is 1. The number of rotatable bonds is 5. The van der Waals surface area contributed by atoms with Gasteiger partial charge in [0.05, 0.1) is 17.6 Å². The summed E-state index contributed by atoms with van der Waals surface area (Å²) in [6, 6.07) is 4.73. The van der Waals surface area contributed by atoms with Crippen LogP contribution in [0.4, 0.5) is 5.69 Å². The first-order valence-electron chi connectivity index (χ1n) is 5.68. The van der Waals surface area contributed by atoms with Crippen molar-refractivity contribution >= 4 is 15.7 Å². The summed E-state index contributed by atoms with van der Waals surface area (Å²) < 4.78 is 28.2. The van der Waals surface area contributed by atoms with Crippen molar-refractivity contribution in [1.29, 1.82) is 0 Å². The lowest BCUT2D eigenvalue weighted by Crippen LogP contribution is -2.27. The third-order valence-electron chi connectivity index (χ3n) is 2.49. The first kappa shape index (κ1) is 13.5. The minimum Gasteiger partial charge on any atom is -0.399 e. The molecule has 2 aromatic rings. The molecular weight excluding hydrogens is 266 g/mol. The van der Waals surface area contributed by atoms with Crippen molar-refractivity contribution < 1.29 is 8.42 Å². The van der Waals surface area contributed by atoms with Crippen LogP contribution in [0.3, 0.4) is 0 Å². The van der Waals surface area contributed by atoms with Gasteiger partial charge >= 0.3 is 0 Å². The normalized spacial score (nSPS) is 11.6. The number of hydrogen-bond acceptors (Lipinski definition) is 5. The summed E-state index contributed by atoms with van der Waals surface area (Å²) in [5, 5.41) is 7.39. The third-order valence-corrected chi connectivity index (χ3v) is 3.93. The highest BCUT2D eigenvalue weighted by Gasteiger charge is 2.14. The smallest absolute Gasteiger partial charge is 0.240 e. The number of anilines is 1. The van der Waals surface area contributed by atoms with Crippen LogP contribution in [0.2, 0.25) is 0 Å². The molecule has 0 fully saturated rings. The van der Waals surface area contributed by atoms with Gasteiger partial charge in [-0.2, -0.15) is 0 Å². The summed E-state index contributed by atoms with van der Waals surface area (Å²) in [6.07, 6.45) is 3.20. The molecule has 3 N–H and O–H groups in total. The molecule has 0 aliphatic rings. The van der Waals surface area contributed by atoms with E-state index >= 15 is 0 Å². The molecule has 7 nitrogen and oxygen atoms in total. The van der Waals surface area contributed by atoms with Crippen molar-refractivity contribution in [2.75, 3.05) is 12.3 Å². The molecule has 0 saturated carbocycles. The van der Waals surface area contributed by atoms with E-state index in [-0.39, 0.29) is 11.4 Å². The average Bonchev–Trinajstić information content (AvgIpc) is 2.80. The molecule has 0 bridgehead atoms. The maximum Gasteiger partial charge on any atom is 0.240 e. The molecule has 0 atom stereocenters. The molecular formula is C11H15N5O2S. The van der Waals surface area contributed by atoms with E-state index in [9.17, 15) is 8.42 Å². The topological polar surface area (TPSA) is 103 Å². The lowest BCUT2D eigenvalue weighted by Gasteiger charge is -2.08. The van der Waals surface area contributed by atoms with Crippen LogP contribution < -0.4 is 10.5 Å². The van der Waals surface area contributed by atoms with E-state index in [0.29, 0.717) is 12.2 Å². The Morgan fingerprint density at radius 2 is 2.16 bits per heavy atom. The zero-order chi connectivity index (χ0) is 13.9. The summed E-state index contributed by atoms with van der Waals surface area (Å²) in [5.74, 6) is 0. The predicted molar refractivity (Wildman–Crippen MR) is 70.8 cm³/mol. The molecule has 0 radical (unpaired) electrons. The van der Waals surface area contributed by atoms with Gasteiger partial charge in [0.25, 0.3) is 0 Å². The Hall–Kier alpha value is -1.93. The van der Waals surface area contributed by atoms with Gasteiger partial charge in [0, 0.05) is 18.4 Å². The highest BCUT2D eigenvalue weighted by molar-refractivity contribution is 7.89. The number of sulfonamides is 1. The number of aromatic nitrogens is 3. The Morgan fingerprint density at radius 3 is 2.79 bits per heavy atom. The van der Waals surface area contributed by atoms with Crippen LogP contribution in [0.25, 0.3) is 0 Å². The van der Waals surface area contributed by atoms with Crippen LogP contribution in [-0.2, 0) is 16.6 Å². The Balaban J connectivity index is 2.05. The average molecular weight is 281 g/mol. The largest absolute Gasteiger partial charge is 0.399 e. The maximum absolute atomic E-state index is 12.1. The maximum atomic E-state index is 12.1. The van der Waals surface area contributed by atoms with E-state index in [2.05, 4.69) is 15.0 Å². The van der Waals surface area contributed by atoms with Crippen molar-refractivity contribution in [3.05, 3.63) is 36.2 Å². The van der Waals surface area contributed by atoms with Gasteiger partial charge in [-0.05, 0) is 30.7 Å². The van der Waals surface area contributed by atoms with Gasteiger partial charge in [-0.1, -0.05) is 5.21 Å². The minimum atomic E-state index is -3.55. The van der Waals surface area contributed by atoms with E-state index < -0.39 is 10.0 Å². The molecule has 102 valence electrons. The molecule has 2 rings (SSSR count). The van der Waals surface area contributed by atoms with E-state index in [1.807, 2.05) is 0 Å². The van der Waals surface area contributed by atoms with Gasteiger partial charge in [-0.3, -0.25) is 4.68 Å². The zero-order valence-corrected chi connectivity index (χ0v) is 11.3. The van der Waals surface area contributed by atoms with Gasteiger partial charge in [-0.15, -0.1) is 5.10 Å².